The Morgan fingerprint density at radius 1 is 0.913 bits per heavy atom. The number of benzene rings is 1. The number of ketones is 2. The Balaban J connectivity index is 1.57. The summed E-state index contributed by atoms with van der Waals surface area (Å²) in [6, 6.07) is 7.36. The molecule has 46 heavy (non-hydrogen) atoms. The average Bonchev–Trinajstić information content (AvgIpc) is 3.28. The number of thioether (sulfide) groups is 1. The molecule has 1 aliphatic rings. The lowest BCUT2D eigenvalue weighted by Gasteiger charge is -2.15. The largest absolute Gasteiger partial charge is 0.392 e. The molecular formula is C32H45N5O8S. The van der Waals surface area contributed by atoms with Crippen molar-refractivity contribution in [2.24, 2.45) is 0 Å². The van der Waals surface area contributed by atoms with Gasteiger partial charge in [0.25, 0.3) is 0 Å². The molecule has 0 saturated carbocycles. The number of carbonyl (C=O) groups is 7. The number of nitrogens with zero attached hydrogens (tertiary/aromatic N) is 1. The van der Waals surface area contributed by atoms with Gasteiger partial charge >= 0.3 is 0 Å². The van der Waals surface area contributed by atoms with E-state index in [1.165, 1.54) is 0 Å². The lowest BCUT2D eigenvalue weighted by atomic mass is 10.1. The smallest absolute Gasteiger partial charge is 0.246 e. The van der Waals surface area contributed by atoms with Gasteiger partial charge in [0, 0.05) is 57.7 Å². The van der Waals surface area contributed by atoms with Gasteiger partial charge in [-0.25, -0.2) is 0 Å². The number of amides is 5. The molecule has 4 N–H and O–H groups in total. The molecule has 5 amide bonds. The van der Waals surface area contributed by atoms with Crippen LogP contribution in [0.1, 0.15) is 57.1 Å². The Morgan fingerprint density at radius 2 is 1.61 bits per heavy atom. The van der Waals surface area contributed by atoms with Crippen LogP contribution < -0.4 is 21.3 Å². The van der Waals surface area contributed by atoms with E-state index in [0.717, 1.165) is 52.7 Å². The fourth-order valence-corrected chi connectivity index (χ4v) is 5.28. The summed E-state index contributed by atoms with van der Waals surface area (Å²) in [6.45, 7) is 3.62. The van der Waals surface area contributed by atoms with E-state index in [2.05, 4.69) is 21.3 Å². The van der Waals surface area contributed by atoms with Crippen molar-refractivity contribution in [3.8, 4) is 0 Å². The highest BCUT2D eigenvalue weighted by Gasteiger charge is 2.39. The number of hydrogen-bond donors (Lipinski definition) is 4. The number of rotatable bonds is 22. The molecule has 1 aliphatic heterocycles. The molecule has 1 aromatic carbocycles. The molecule has 0 radical (unpaired) electrons. The van der Waals surface area contributed by atoms with Crippen LogP contribution in [0.25, 0.3) is 0 Å². The fourth-order valence-electron chi connectivity index (χ4n) is 4.30. The van der Waals surface area contributed by atoms with Crippen LogP contribution in [0, 0.1) is 0 Å². The molecule has 1 heterocycles. The molecule has 1 aromatic rings. The Bertz CT molecular complexity index is 1270. The third kappa shape index (κ3) is 15.3. The maximum Gasteiger partial charge on any atom is 0.246 e. The molecule has 1 atom stereocenters. The van der Waals surface area contributed by atoms with E-state index in [4.69, 9.17) is 4.74 Å². The monoisotopic (exact) mass is 659 g/mol. The zero-order valence-corrected chi connectivity index (χ0v) is 27.6. The van der Waals surface area contributed by atoms with E-state index < -0.39 is 29.5 Å². The van der Waals surface area contributed by atoms with Crippen molar-refractivity contribution >= 4 is 52.9 Å². The van der Waals surface area contributed by atoms with Gasteiger partial charge in [-0.1, -0.05) is 30.7 Å². The predicted molar refractivity (Wildman–Crippen MR) is 173 cm³/mol. The minimum absolute atomic E-state index is 0.00771. The van der Waals surface area contributed by atoms with Crippen molar-refractivity contribution in [2.75, 3.05) is 45.6 Å². The van der Waals surface area contributed by atoms with E-state index in [-0.39, 0.29) is 68.3 Å². The number of Topliss-reactive ketones (excluding diaryl/α,β-unsaturated/α-hetero) is 1. The van der Waals surface area contributed by atoms with Crippen molar-refractivity contribution in [3.63, 3.8) is 0 Å². The van der Waals surface area contributed by atoms with Crippen LogP contribution in [0.4, 0.5) is 0 Å². The maximum atomic E-state index is 12.6. The molecule has 13 nitrogen and oxygen atoms in total. The van der Waals surface area contributed by atoms with Crippen molar-refractivity contribution in [1.29, 1.82) is 0 Å². The molecule has 1 saturated heterocycles. The number of nitrogens with one attached hydrogen (secondary N) is 4. The SMILES string of the molecule is CN/C(C)=C\C(=O)Cc1ccc(CNC(=O)COCCNC(=O)CN2C(=O)CC(SCC(=O)NCCCCCC(C)=O)C2=O)cc1. The molecule has 252 valence electrons. The van der Waals surface area contributed by atoms with E-state index in [0.29, 0.717) is 13.0 Å². The number of ether oxygens (including phenoxy) is 1. The second-order valence-electron chi connectivity index (χ2n) is 10.9. The Kier molecular flexibility index (Phi) is 17.3. The highest BCUT2D eigenvalue weighted by Crippen LogP contribution is 2.24. The zero-order chi connectivity index (χ0) is 33.9. The molecule has 0 aliphatic carbocycles. The quantitative estimate of drug-likeness (QED) is 0.0790. The zero-order valence-electron chi connectivity index (χ0n) is 26.8. The van der Waals surface area contributed by atoms with Gasteiger partial charge in [-0.05, 0) is 37.8 Å². The van der Waals surface area contributed by atoms with Gasteiger partial charge < -0.3 is 30.8 Å². The van der Waals surface area contributed by atoms with Gasteiger partial charge in [0.15, 0.2) is 5.78 Å². The molecule has 0 spiro atoms. The van der Waals surface area contributed by atoms with Crippen LogP contribution in [0.5, 0.6) is 0 Å². The Labute approximate surface area is 274 Å². The minimum atomic E-state index is -0.722. The van der Waals surface area contributed by atoms with E-state index in [1.54, 1.807) is 20.0 Å². The topological polar surface area (TPSA) is 180 Å². The number of allylic oxidation sites excluding steroid dienone is 2. The average molecular weight is 660 g/mol. The molecule has 1 unspecified atom stereocenters. The normalized spacial score (nSPS) is 14.6. The first-order chi connectivity index (χ1) is 22.0. The fraction of sp³-hybridized carbons (Fsp3) is 0.531. The van der Waals surface area contributed by atoms with Crippen molar-refractivity contribution < 1.29 is 38.3 Å². The number of carbonyl (C=O) groups excluding carboxylic acids is 7. The summed E-state index contributed by atoms with van der Waals surface area (Å²) >= 11 is 1.07. The van der Waals surface area contributed by atoms with Crippen LogP contribution >= 0.6 is 11.8 Å². The van der Waals surface area contributed by atoms with Crippen LogP contribution in [0.15, 0.2) is 36.0 Å². The van der Waals surface area contributed by atoms with Crippen molar-refractivity contribution in [2.45, 2.75) is 64.2 Å². The summed E-state index contributed by atoms with van der Waals surface area (Å²) in [5, 5.41) is 10.2. The van der Waals surface area contributed by atoms with Gasteiger partial charge in [0.2, 0.25) is 29.5 Å². The van der Waals surface area contributed by atoms with Crippen LogP contribution in [-0.4, -0.2) is 96.9 Å². The Morgan fingerprint density at radius 3 is 2.30 bits per heavy atom. The summed E-state index contributed by atoms with van der Waals surface area (Å²) < 4.78 is 5.30. The summed E-state index contributed by atoms with van der Waals surface area (Å²) in [5.41, 5.74) is 2.52. The lowest BCUT2D eigenvalue weighted by molar-refractivity contribution is -0.142. The first-order valence-corrected chi connectivity index (χ1v) is 16.3. The maximum absolute atomic E-state index is 12.6. The highest BCUT2D eigenvalue weighted by molar-refractivity contribution is 8.01. The Hall–Kier alpha value is -4.04. The summed E-state index contributed by atoms with van der Waals surface area (Å²) in [7, 11) is 1.75. The number of unbranched alkanes of at least 4 members (excludes halogenated alkanes) is 2. The standard InChI is InChI=1S/C32H45N5O8S/c1-22(33-3)15-26(39)16-24-8-10-25(11-9-24)18-36-29(41)20-45-14-13-35-28(40)19-37-31(43)17-27(32(37)44)46-21-30(42)34-12-6-4-5-7-23(2)38/h8-11,15,27,33H,4-7,12-14,16-21H2,1-3H3,(H,34,42)(H,35,40)(H,36,41)/b22-15-. The third-order valence-electron chi connectivity index (χ3n) is 6.91. The van der Waals surface area contributed by atoms with Gasteiger partial charge in [0.05, 0.1) is 17.6 Å². The molecule has 1 fully saturated rings. The van der Waals surface area contributed by atoms with Gasteiger partial charge in [-0.15, -0.1) is 11.8 Å². The lowest BCUT2D eigenvalue weighted by Crippen LogP contribution is -2.42. The van der Waals surface area contributed by atoms with E-state index >= 15 is 0 Å². The number of likely N-dealkylation sites (tertiary alicyclic amines) is 1. The summed E-state index contributed by atoms with van der Waals surface area (Å²) in [4.78, 5) is 85.2. The van der Waals surface area contributed by atoms with Crippen molar-refractivity contribution in [3.05, 3.63) is 47.2 Å². The second-order valence-corrected chi connectivity index (χ2v) is 12.1. The molecule has 0 aromatic heterocycles. The number of hydrogen-bond acceptors (Lipinski definition) is 10. The molecule has 14 heteroatoms. The van der Waals surface area contributed by atoms with Crippen LogP contribution in [0.2, 0.25) is 0 Å². The first-order valence-electron chi connectivity index (χ1n) is 15.3. The third-order valence-corrected chi connectivity index (χ3v) is 8.11. The predicted octanol–water partition coefficient (Wildman–Crippen LogP) is 0.797. The summed E-state index contributed by atoms with van der Waals surface area (Å²) in [6.07, 6.45) is 4.66. The van der Waals surface area contributed by atoms with E-state index in [9.17, 15) is 33.6 Å². The summed E-state index contributed by atoms with van der Waals surface area (Å²) in [5.74, 6) is -1.95. The van der Waals surface area contributed by atoms with Gasteiger partial charge in [-0.2, -0.15) is 0 Å². The van der Waals surface area contributed by atoms with Crippen LogP contribution in [-0.2, 0) is 51.3 Å². The highest BCUT2D eigenvalue weighted by atomic mass is 32.2. The number of imide groups is 1. The van der Waals surface area contributed by atoms with Gasteiger partial charge in [-0.3, -0.25) is 33.7 Å². The molecule has 2 rings (SSSR count). The van der Waals surface area contributed by atoms with E-state index in [1.807, 2.05) is 31.2 Å². The second kappa shape index (κ2) is 20.9. The van der Waals surface area contributed by atoms with Crippen molar-refractivity contribution in [1.82, 2.24) is 26.2 Å². The van der Waals surface area contributed by atoms with Crippen LogP contribution in [0.3, 0.4) is 0 Å². The van der Waals surface area contributed by atoms with Gasteiger partial charge in [0.1, 0.15) is 18.9 Å². The first kappa shape index (κ1) is 38.1. The minimum Gasteiger partial charge on any atom is -0.392 e. The molecular weight excluding hydrogens is 614 g/mol. The molecule has 0 bridgehead atoms.